The third-order valence-electron chi connectivity index (χ3n) is 1.34. The van der Waals surface area contributed by atoms with Crippen LogP contribution in [0.5, 0.6) is 0 Å². The highest BCUT2D eigenvalue weighted by Crippen LogP contribution is 2.21. The lowest BCUT2D eigenvalue weighted by molar-refractivity contribution is 0.908. The topological polar surface area (TPSA) is 104 Å². The maximum atomic E-state index is 5.53. The van der Waals surface area contributed by atoms with Gasteiger partial charge in [0.05, 0.1) is 10.2 Å². The zero-order chi connectivity index (χ0) is 9.14. The van der Waals surface area contributed by atoms with Crippen molar-refractivity contribution in [1.29, 1.82) is 0 Å². The Balaban J connectivity index is 3.09. The molecule has 0 fully saturated rings. The highest BCUT2D eigenvalue weighted by atomic mass is 79.9. The van der Waals surface area contributed by atoms with Gasteiger partial charge >= 0.3 is 0 Å². The van der Waals surface area contributed by atoms with Gasteiger partial charge in [0, 0.05) is 6.42 Å². The first-order valence-electron chi connectivity index (χ1n) is 3.42. The zero-order valence-electron chi connectivity index (χ0n) is 6.42. The van der Waals surface area contributed by atoms with Gasteiger partial charge in [-0.3, -0.25) is 0 Å². The predicted octanol–water partition coefficient (Wildman–Crippen LogP) is -0.0953. The standard InChI is InChI=1S/C6H10BrN5/c7-4-3(1-2-8)11-6(10)12-5(4)9/h1-2,8H2,(H4,9,10,11,12). The molecule has 6 heteroatoms. The minimum Gasteiger partial charge on any atom is -0.383 e. The molecule has 1 aromatic rings. The van der Waals surface area contributed by atoms with Gasteiger partial charge in [-0.25, -0.2) is 4.98 Å². The lowest BCUT2D eigenvalue weighted by Crippen LogP contribution is -2.09. The predicted molar refractivity (Wildman–Crippen MR) is 51.3 cm³/mol. The van der Waals surface area contributed by atoms with E-state index in [-0.39, 0.29) is 5.95 Å². The molecule has 0 aliphatic heterocycles. The van der Waals surface area contributed by atoms with Crippen molar-refractivity contribution in [1.82, 2.24) is 9.97 Å². The third kappa shape index (κ3) is 1.83. The van der Waals surface area contributed by atoms with Crippen molar-refractivity contribution < 1.29 is 0 Å². The van der Waals surface area contributed by atoms with Crippen molar-refractivity contribution in [3.63, 3.8) is 0 Å². The smallest absolute Gasteiger partial charge is 0.222 e. The van der Waals surface area contributed by atoms with E-state index >= 15 is 0 Å². The molecule has 0 amide bonds. The number of hydrogen-bond acceptors (Lipinski definition) is 5. The number of nitrogens with two attached hydrogens (primary N) is 3. The fraction of sp³-hybridized carbons (Fsp3) is 0.333. The molecule has 1 rings (SSSR count). The molecule has 0 unspecified atom stereocenters. The first-order valence-corrected chi connectivity index (χ1v) is 4.22. The number of anilines is 2. The molecule has 0 spiro atoms. The van der Waals surface area contributed by atoms with E-state index in [1.54, 1.807) is 0 Å². The second kappa shape index (κ2) is 3.68. The maximum absolute atomic E-state index is 5.53. The first kappa shape index (κ1) is 9.21. The Morgan fingerprint density at radius 3 is 2.50 bits per heavy atom. The van der Waals surface area contributed by atoms with Crippen molar-refractivity contribution in [2.45, 2.75) is 6.42 Å². The highest BCUT2D eigenvalue weighted by Gasteiger charge is 2.06. The molecule has 0 aliphatic rings. The van der Waals surface area contributed by atoms with E-state index < -0.39 is 0 Å². The van der Waals surface area contributed by atoms with E-state index in [2.05, 4.69) is 25.9 Å². The monoisotopic (exact) mass is 231 g/mol. The molecule has 0 atom stereocenters. The van der Waals surface area contributed by atoms with Crippen LogP contribution in [0.3, 0.4) is 0 Å². The van der Waals surface area contributed by atoms with Gasteiger partial charge in [-0.05, 0) is 22.5 Å². The lowest BCUT2D eigenvalue weighted by Gasteiger charge is -2.04. The normalized spacial score (nSPS) is 10.2. The van der Waals surface area contributed by atoms with Crippen molar-refractivity contribution in [3.8, 4) is 0 Å². The summed E-state index contributed by atoms with van der Waals surface area (Å²) < 4.78 is 0.683. The number of nitrogen functional groups attached to an aromatic ring is 2. The average molecular weight is 232 g/mol. The SMILES string of the molecule is NCCc1nc(N)nc(N)c1Br. The van der Waals surface area contributed by atoms with Gasteiger partial charge in [0.1, 0.15) is 5.82 Å². The van der Waals surface area contributed by atoms with Gasteiger partial charge in [-0.2, -0.15) is 4.98 Å². The Kier molecular flexibility index (Phi) is 2.83. The molecule has 0 saturated heterocycles. The van der Waals surface area contributed by atoms with E-state index in [1.165, 1.54) is 0 Å². The highest BCUT2D eigenvalue weighted by molar-refractivity contribution is 9.10. The number of rotatable bonds is 2. The summed E-state index contributed by atoms with van der Waals surface area (Å²) in [5.41, 5.74) is 17.0. The molecule has 0 bridgehead atoms. The van der Waals surface area contributed by atoms with Gasteiger partial charge in [-0.15, -0.1) is 0 Å². The molecule has 0 radical (unpaired) electrons. The fourth-order valence-electron chi connectivity index (χ4n) is 0.835. The molecule has 12 heavy (non-hydrogen) atoms. The third-order valence-corrected chi connectivity index (χ3v) is 2.21. The second-order valence-electron chi connectivity index (χ2n) is 2.27. The van der Waals surface area contributed by atoms with Crippen LogP contribution in [-0.4, -0.2) is 16.5 Å². The quantitative estimate of drug-likeness (QED) is 0.660. The van der Waals surface area contributed by atoms with Crippen molar-refractivity contribution in [3.05, 3.63) is 10.2 Å². The van der Waals surface area contributed by atoms with Crippen LogP contribution in [0.15, 0.2) is 4.47 Å². The van der Waals surface area contributed by atoms with E-state index in [0.29, 0.717) is 23.3 Å². The Labute approximate surface area is 78.5 Å². The van der Waals surface area contributed by atoms with Gasteiger partial charge in [-0.1, -0.05) is 0 Å². The Hall–Kier alpha value is -0.880. The van der Waals surface area contributed by atoms with E-state index in [0.717, 1.165) is 5.69 Å². The summed E-state index contributed by atoms with van der Waals surface area (Å²) in [5, 5.41) is 0. The molecule has 66 valence electrons. The van der Waals surface area contributed by atoms with Gasteiger partial charge in [0.25, 0.3) is 0 Å². The second-order valence-corrected chi connectivity index (χ2v) is 3.06. The lowest BCUT2D eigenvalue weighted by atomic mass is 10.3. The summed E-state index contributed by atoms with van der Waals surface area (Å²) in [6.07, 6.45) is 0.636. The van der Waals surface area contributed by atoms with E-state index in [4.69, 9.17) is 17.2 Å². The van der Waals surface area contributed by atoms with Crippen LogP contribution in [0.4, 0.5) is 11.8 Å². The summed E-state index contributed by atoms with van der Waals surface area (Å²) in [6.45, 7) is 0.508. The van der Waals surface area contributed by atoms with Crippen molar-refractivity contribution in [2.75, 3.05) is 18.0 Å². The van der Waals surface area contributed by atoms with E-state index in [9.17, 15) is 0 Å². The van der Waals surface area contributed by atoms with Crippen molar-refractivity contribution >= 4 is 27.7 Å². The largest absolute Gasteiger partial charge is 0.383 e. The first-order chi connectivity index (χ1) is 5.65. The molecule has 6 N–H and O–H groups in total. The molecule has 0 aromatic carbocycles. The summed E-state index contributed by atoms with van der Waals surface area (Å²) in [6, 6.07) is 0. The number of nitrogens with zero attached hydrogens (tertiary/aromatic N) is 2. The Morgan fingerprint density at radius 2 is 1.92 bits per heavy atom. The minimum atomic E-state index is 0.180. The molecule has 1 heterocycles. The van der Waals surface area contributed by atoms with Gasteiger partial charge in [0.2, 0.25) is 5.95 Å². The van der Waals surface area contributed by atoms with Crippen LogP contribution in [0, 0.1) is 0 Å². The Bertz CT molecular complexity index is 288. The molecular formula is C6H10BrN5. The summed E-state index contributed by atoms with van der Waals surface area (Å²) in [5.74, 6) is 0.533. The summed E-state index contributed by atoms with van der Waals surface area (Å²) in [4.78, 5) is 7.76. The van der Waals surface area contributed by atoms with Crippen LogP contribution >= 0.6 is 15.9 Å². The molecule has 0 saturated carbocycles. The fourth-order valence-corrected chi connectivity index (χ4v) is 1.21. The summed E-state index contributed by atoms with van der Waals surface area (Å²) in [7, 11) is 0. The van der Waals surface area contributed by atoms with Crippen molar-refractivity contribution in [2.24, 2.45) is 5.73 Å². The minimum absolute atomic E-state index is 0.180. The van der Waals surface area contributed by atoms with E-state index in [1.807, 2.05) is 0 Å². The number of halogens is 1. The maximum Gasteiger partial charge on any atom is 0.222 e. The van der Waals surface area contributed by atoms with Crippen LogP contribution < -0.4 is 17.2 Å². The zero-order valence-corrected chi connectivity index (χ0v) is 8.00. The van der Waals surface area contributed by atoms with Crippen LogP contribution in [-0.2, 0) is 6.42 Å². The number of hydrogen-bond donors (Lipinski definition) is 3. The number of aromatic nitrogens is 2. The average Bonchev–Trinajstić information content (AvgIpc) is 2.00. The van der Waals surface area contributed by atoms with Crippen LogP contribution in [0.25, 0.3) is 0 Å². The van der Waals surface area contributed by atoms with Crippen LogP contribution in [0.1, 0.15) is 5.69 Å². The molecule has 1 aromatic heterocycles. The van der Waals surface area contributed by atoms with Crippen LogP contribution in [0.2, 0.25) is 0 Å². The summed E-state index contributed by atoms with van der Waals surface area (Å²) >= 11 is 3.25. The Morgan fingerprint density at radius 1 is 1.25 bits per heavy atom. The molecule has 5 nitrogen and oxygen atoms in total. The van der Waals surface area contributed by atoms with Gasteiger partial charge in [0.15, 0.2) is 0 Å². The molecule has 0 aliphatic carbocycles. The molecular weight excluding hydrogens is 222 g/mol. The van der Waals surface area contributed by atoms with Gasteiger partial charge < -0.3 is 17.2 Å².